The summed E-state index contributed by atoms with van der Waals surface area (Å²) in [6, 6.07) is 13.5. The van der Waals surface area contributed by atoms with E-state index in [0.29, 0.717) is 43.5 Å². The van der Waals surface area contributed by atoms with Gasteiger partial charge in [0.25, 0.3) is 5.91 Å². The Hall–Kier alpha value is -3.06. The first-order chi connectivity index (χ1) is 14.7. The fraction of sp³-hybridized carbons (Fsp3) is 0.391. The van der Waals surface area contributed by atoms with Crippen LogP contribution in [0.15, 0.2) is 53.2 Å². The molecule has 0 spiro atoms. The summed E-state index contributed by atoms with van der Waals surface area (Å²) in [6.07, 6.45) is 5.01. The lowest BCUT2D eigenvalue weighted by Crippen LogP contribution is -2.38. The van der Waals surface area contributed by atoms with Crippen molar-refractivity contribution < 1.29 is 14.1 Å². The quantitative estimate of drug-likeness (QED) is 0.554. The second-order valence-electron chi connectivity index (χ2n) is 7.54. The highest BCUT2D eigenvalue weighted by Crippen LogP contribution is 2.31. The van der Waals surface area contributed by atoms with Crippen LogP contribution in [0.25, 0.3) is 0 Å². The van der Waals surface area contributed by atoms with E-state index >= 15 is 0 Å². The van der Waals surface area contributed by atoms with Gasteiger partial charge in [0.15, 0.2) is 5.82 Å². The van der Waals surface area contributed by atoms with Crippen molar-refractivity contribution in [2.24, 2.45) is 0 Å². The van der Waals surface area contributed by atoms with Crippen LogP contribution in [0.5, 0.6) is 0 Å². The van der Waals surface area contributed by atoms with Crippen LogP contribution in [0.2, 0.25) is 0 Å². The standard InChI is InChI=1S/C23H26N4O3/c1-17-10-11-19(15-24-17)23(28)27-13-6-5-9-20(27)22-25-21(26-30-22)12-14-29-16-18-7-3-2-4-8-18/h2-4,7-8,10-11,15,20H,5-6,9,12-14,16H2,1H3. The van der Waals surface area contributed by atoms with Crippen molar-refractivity contribution in [1.82, 2.24) is 20.0 Å². The van der Waals surface area contributed by atoms with Gasteiger partial charge in [0, 0.05) is 24.9 Å². The highest BCUT2D eigenvalue weighted by molar-refractivity contribution is 5.94. The maximum absolute atomic E-state index is 13.0. The minimum atomic E-state index is -0.195. The molecule has 4 rings (SSSR count). The molecule has 3 heterocycles. The Morgan fingerprint density at radius 2 is 2.07 bits per heavy atom. The average Bonchev–Trinajstić information content (AvgIpc) is 3.26. The number of likely N-dealkylation sites (tertiary alicyclic amines) is 1. The molecule has 156 valence electrons. The van der Waals surface area contributed by atoms with Gasteiger partial charge in [-0.2, -0.15) is 4.98 Å². The fourth-order valence-corrected chi connectivity index (χ4v) is 3.62. The minimum absolute atomic E-state index is 0.0434. The van der Waals surface area contributed by atoms with E-state index in [1.54, 1.807) is 6.20 Å². The molecule has 1 fully saturated rings. The van der Waals surface area contributed by atoms with Crippen LogP contribution in [-0.2, 0) is 17.8 Å². The molecule has 1 atom stereocenters. The Labute approximate surface area is 176 Å². The number of pyridine rings is 1. The molecule has 1 aromatic carbocycles. The monoisotopic (exact) mass is 406 g/mol. The second kappa shape index (κ2) is 9.63. The Balaban J connectivity index is 1.36. The summed E-state index contributed by atoms with van der Waals surface area (Å²) in [5.74, 6) is 1.06. The van der Waals surface area contributed by atoms with Crippen molar-refractivity contribution in [2.45, 2.75) is 45.3 Å². The van der Waals surface area contributed by atoms with Gasteiger partial charge in [-0.25, -0.2) is 0 Å². The Bertz CT molecular complexity index is 956. The van der Waals surface area contributed by atoms with Gasteiger partial charge in [0.2, 0.25) is 5.89 Å². The number of piperidine rings is 1. The first kappa shape index (κ1) is 20.2. The van der Waals surface area contributed by atoms with Crippen LogP contribution in [0, 0.1) is 6.92 Å². The molecule has 0 saturated carbocycles. The average molecular weight is 406 g/mol. The molecule has 1 unspecified atom stereocenters. The molecular weight excluding hydrogens is 380 g/mol. The molecule has 1 saturated heterocycles. The van der Waals surface area contributed by atoms with Gasteiger partial charge < -0.3 is 14.2 Å². The number of amides is 1. The third-order valence-corrected chi connectivity index (χ3v) is 5.27. The maximum Gasteiger partial charge on any atom is 0.256 e. The first-order valence-electron chi connectivity index (χ1n) is 10.4. The molecule has 0 aliphatic carbocycles. The van der Waals surface area contributed by atoms with Crippen molar-refractivity contribution in [3.8, 4) is 0 Å². The van der Waals surface area contributed by atoms with Crippen molar-refractivity contribution in [1.29, 1.82) is 0 Å². The lowest BCUT2D eigenvalue weighted by Gasteiger charge is -2.33. The van der Waals surface area contributed by atoms with Crippen molar-refractivity contribution in [3.63, 3.8) is 0 Å². The topological polar surface area (TPSA) is 81.4 Å². The van der Waals surface area contributed by atoms with Crippen LogP contribution in [0.3, 0.4) is 0 Å². The van der Waals surface area contributed by atoms with Gasteiger partial charge in [0.1, 0.15) is 6.04 Å². The number of ether oxygens (including phenoxy) is 1. The van der Waals surface area contributed by atoms with Gasteiger partial charge in [-0.15, -0.1) is 0 Å². The number of benzene rings is 1. The van der Waals surface area contributed by atoms with E-state index < -0.39 is 0 Å². The normalized spacial score (nSPS) is 16.6. The van der Waals surface area contributed by atoms with Crippen LogP contribution in [0.4, 0.5) is 0 Å². The lowest BCUT2D eigenvalue weighted by molar-refractivity contribution is 0.0561. The third-order valence-electron chi connectivity index (χ3n) is 5.27. The molecule has 30 heavy (non-hydrogen) atoms. The summed E-state index contributed by atoms with van der Waals surface area (Å²) in [5.41, 5.74) is 2.60. The molecule has 0 bridgehead atoms. The Morgan fingerprint density at radius 3 is 2.87 bits per heavy atom. The summed E-state index contributed by atoms with van der Waals surface area (Å²) in [4.78, 5) is 23.7. The zero-order valence-corrected chi connectivity index (χ0v) is 17.2. The van der Waals surface area contributed by atoms with Crippen molar-refractivity contribution in [2.75, 3.05) is 13.2 Å². The Morgan fingerprint density at radius 1 is 1.20 bits per heavy atom. The van der Waals surface area contributed by atoms with Gasteiger partial charge >= 0.3 is 0 Å². The summed E-state index contributed by atoms with van der Waals surface area (Å²) in [6.45, 7) is 3.65. The second-order valence-corrected chi connectivity index (χ2v) is 7.54. The summed E-state index contributed by atoms with van der Waals surface area (Å²) in [5, 5.41) is 4.10. The van der Waals surface area contributed by atoms with Gasteiger partial charge in [-0.3, -0.25) is 9.78 Å². The van der Waals surface area contributed by atoms with Crippen LogP contribution >= 0.6 is 0 Å². The number of hydrogen-bond acceptors (Lipinski definition) is 6. The molecule has 0 radical (unpaired) electrons. The molecule has 0 N–H and O–H groups in total. The zero-order valence-electron chi connectivity index (χ0n) is 17.2. The lowest BCUT2D eigenvalue weighted by atomic mass is 10.0. The largest absolute Gasteiger partial charge is 0.376 e. The van der Waals surface area contributed by atoms with Crippen LogP contribution < -0.4 is 0 Å². The molecule has 2 aromatic heterocycles. The number of hydrogen-bond donors (Lipinski definition) is 0. The van der Waals surface area contributed by atoms with Gasteiger partial charge in [-0.05, 0) is 43.9 Å². The summed E-state index contributed by atoms with van der Waals surface area (Å²) < 4.78 is 11.2. The number of carbonyl (C=O) groups is 1. The minimum Gasteiger partial charge on any atom is -0.376 e. The number of carbonyl (C=O) groups excluding carboxylic acids is 1. The maximum atomic E-state index is 13.0. The summed E-state index contributed by atoms with van der Waals surface area (Å²) >= 11 is 0. The highest BCUT2D eigenvalue weighted by atomic mass is 16.5. The molecule has 1 aliphatic heterocycles. The van der Waals surface area contributed by atoms with E-state index in [0.717, 1.165) is 30.5 Å². The zero-order chi connectivity index (χ0) is 20.8. The molecule has 1 aliphatic rings. The first-order valence-corrected chi connectivity index (χ1v) is 10.4. The summed E-state index contributed by atoms with van der Waals surface area (Å²) in [7, 11) is 0. The van der Waals surface area contributed by atoms with E-state index in [4.69, 9.17) is 9.26 Å². The predicted molar refractivity (Wildman–Crippen MR) is 111 cm³/mol. The van der Waals surface area contributed by atoms with E-state index in [2.05, 4.69) is 15.1 Å². The van der Waals surface area contributed by atoms with Crippen molar-refractivity contribution >= 4 is 5.91 Å². The van der Waals surface area contributed by atoms with Gasteiger partial charge in [0.05, 0.1) is 18.8 Å². The Kier molecular flexibility index (Phi) is 6.49. The van der Waals surface area contributed by atoms with E-state index in [9.17, 15) is 4.79 Å². The molecule has 1 amide bonds. The third kappa shape index (κ3) is 4.91. The molecule has 7 nitrogen and oxygen atoms in total. The van der Waals surface area contributed by atoms with E-state index in [1.165, 1.54) is 0 Å². The highest BCUT2D eigenvalue weighted by Gasteiger charge is 2.32. The number of rotatable bonds is 7. The molecular formula is C23H26N4O3. The van der Waals surface area contributed by atoms with Crippen LogP contribution in [-0.4, -0.2) is 39.1 Å². The molecule has 3 aromatic rings. The molecule has 7 heteroatoms. The number of aromatic nitrogens is 3. The predicted octanol–water partition coefficient (Wildman–Crippen LogP) is 3.90. The number of nitrogens with zero attached hydrogens (tertiary/aromatic N) is 4. The fourth-order valence-electron chi connectivity index (χ4n) is 3.62. The van der Waals surface area contributed by atoms with E-state index in [1.807, 2.05) is 54.3 Å². The van der Waals surface area contributed by atoms with Crippen molar-refractivity contribution in [3.05, 3.63) is 77.2 Å². The number of aryl methyl sites for hydroxylation is 1. The van der Waals surface area contributed by atoms with Gasteiger partial charge in [-0.1, -0.05) is 35.5 Å². The smallest absolute Gasteiger partial charge is 0.256 e. The van der Waals surface area contributed by atoms with E-state index in [-0.39, 0.29) is 11.9 Å². The van der Waals surface area contributed by atoms with Crippen LogP contribution in [0.1, 0.15) is 58.6 Å². The SMILES string of the molecule is Cc1ccc(C(=O)N2CCCCC2c2nc(CCOCc3ccccc3)no2)cn1.